The van der Waals surface area contributed by atoms with Gasteiger partial charge in [0.25, 0.3) is 0 Å². The normalized spacial score (nSPS) is 20.7. The number of hydrazone groups is 1. The van der Waals surface area contributed by atoms with Crippen LogP contribution in [-0.4, -0.2) is 55.1 Å². The number of hydrogen-bond acceptors (Lipinski definition) is 4. The van der Waals surface area contributed by atoms with Gasteiger partial charge in [0, 0.05) is 26.2 Å². The molecule has 0 amide bonds. The third-order valence-electron chi connectivity index (χ3n) is 4.74. The van der Waals surface area contributed by atoms with E-state index < -0.39 is 0 Å². The Labute approximate surface area is 151 Å². The molecule has 0 spiro atoms. The average Bonchev–Trinajstić information content (AvgIpc) is 2.94. The largest absolute Gasteiger partial charge is 0.379 e. The highest BCUT2D eigenvalue weighted by molar-refractivity contribution is 7.80. The lowest BCUT2D eigenvalue weighted by atomic mass is 10.0. The van der Waals surface area contributed by atoms with Crippen molar-refractivity contribution in [2.24, 2.45) is 5.10 Å². The van der Waals surface area contributed by atoms with Gasteiger partial charge in [-0.1, -0.05) is 25.3 Å². The maximum absolute atomic E-state index is 5.35. The van der Waals surface area contributed by atoms with Gasteiger partial charge in [0.2, 0.25) is 0 Å². The first-order valence-electron chi connectivity index (χ1n) is 9.30. The Morgan fingerprint density at radius 1 is 1.25 bits per heavy atom. The molecule has 2 aliphatic rings. The second-order valence-electron chi connectivity index (χ2n) is 6.60. The zero-order chi connectivity index (χ0) is 17.2. The molecule has 1 saturated heterocycles. The van der Waals surface area contributed by atoms with Crippen molar-refractivity contribution in [2.75, 3.05) is 39.4 Å². The monoisotopic (exact) mass is 352 g/mol. The molecule has 6 heteroatoms. The number of unbranched alkanes of at least 4 members (excludes halogenated alkanes) is 2. The van der Waals surface area contributed by atoms with Crippen LogP contribution in [0.25, 0.3) is 0 Å². The van der Waals surface area contributed by atoms with Crippen LogP contribution >= 0.6 is 12.2 Å². The van der Waals surface area contributed by atoms with Crippen molar-refractivity contribution in [1.82, 2.24) is 15.6 Å². The summed E-state index contributed by atoms with van der Waals surface area (Å²) in [5.74, 6) is 0. The molecule has 0 aromatic carbocycles. The van der Waals surface area contributed by atoms with Gasteiger partial charge in [-0.25, -0.2) is 0 Å². The van der Waals surface area contributed by atoms with Crippen molar-refractivity contribution in [1.29, 1.82) is 0 Å². The molecule has 0 aromatic heterocycles. The minimum Gasteiger partial charge on any atom is -0.379 e. The number of allylic oxidation sites excluding steroid dienone is 2. The molecule has 2 rings (SSSR count). The Hall–Kier alpha value is -0.980. The molecule has 1 aliphatic heterocycles. The molecule has 0 aromatic rings. The molecule has 1 fully saturated rings. The van der Waals surface area contributed by atoms with Gasteiger partial charge in [0.1, 0.15) is 0 Å². The molecular formula is C18H32N4OS. The molecule has 0 bridgehead atoms. The van der Waals surface area contributed by atoms with Crippen LogP contribution in [0.2, 0.25) is 0 Å². The Bertz CT molecular complexity index is 470. The zero-order valence-corrected chi connectivity index (χ0v) is 16.0. The third-order valence-corrected chi connectivity index (χ3v) is 4.98. The van der Waals surface area contributed by atoms with Crippen molar-refractivity contribution in [3.63, 3.8) is 0 Å². The predicted octanol–water partition coefficient (Wildman–Crippen LogP) is 2.83. The lowest BCUT2D eigenvalue weighted by Crippen LogP contribution is -2.42. The lowest BCUT2D eigenvalue weighted by molar-refractivity contribution is 0.0389. The average molecular weight is 353 g/mol. The highest BCUT2D eigenvalue weighted by atomic mass is 32.1. The van der Waals surface area contributed by atoms with Crippen LogP contribution in [0, 0.1) is 0 Å². The number of morpholine rings is 1. The van der Waals surface area contributed by atoms with E-state index in [9.17, 15) is 0 Å². The predicted molar refractivity (Wildman–Crippen MR) is 105 cm³/mol. The van der Waals surface area contributed by atoms with Crippen LogP contribution in [0.4, 0.5) is 0 Å². The number of thiocarbonyl (C=S) groups is 1. The summed E-state index contributed by atoms with van der Waals surface area (Å²) in [7, 11) is 0. The van der Waals surface area contributed by atoms with Gasteiger partial charge in [-0.3, -0.25) is 10.3 Å². The fraction of sp³-hybridized carbons (Fsp3) is 0.778. The number of ether oxygens (including phenoxy) is 1. The van der Waals surface area contributed by atoms with E-state index in [4.69, 9.17) is 17.0 Å². The van der Waals surface area contributed by atoms with E-state index in [1.54, 1.807) is 0 Å². The molecule has 24 heavy (non-hydrogen) atoms. The van der Waals surface area contributed by atoms with E-state index in [-0.39, 0.29) is 0 Å². The van der Waals surface area contributed by atoms with Crippen LogP contribution in [0.3, 0.4) is 0 Å². The first kappa shape index (κ1) is 19.3. The molecule has 0 radical (unpaired) electrons. The molecule has 5 nitrogen and oxygen atoms in total. The Morgan fingerprint density at radius 2 is 2.04 bits per heavy atom. The molecule has 1 heterocycles. The first-order chi connectivity index (χ1) is 11.7. The van der Waals surface area contributed by atoms with E-state index in [1.165, 1.54) is 36.1 Å². The molecule has 136 valence electrons. The zero-order valence-electron chi connectivity index (χ0n) is 15.2. The van der Waals surface area contributed by atoms with Gasteiger partial charge < -0.3 is 10.1 Å². The number of rotatable bonds is 8. The summed E-state index contributed by atoms with van der Waals surface area (Å²) >= 11 is 5.34. The van der Waals surface area contributed by atoms with Crippen molar-refractivity contribution in [3.05, 3.63) is 11.1 Å². The Balaban J connectivity index is 1.69. The van der Waals surface area contributed by atoms with Gasteiger partial charge in [-0.2, -0.15) is 5.10 Å². The smallest absolute Gasteiger partial charge is 0.187 e. The van der Waals surface area contributed by atoms with E-state index in [0.29, 0.717) is 5.11 Å². The Morgan fingerprint density at radius 3 is 2.79 bits per heavy atom. The molecule has 1 aliphatic carbocycles. The summed E-state index contributed by atoms with van der Waals surface area (Å²) in [6.45, 7) is 10.0. The Kier molecular flexibility index (Phi) is 8.70. The van der Waals surface area contributed by atoms with Crippen molar-refractivity contribution in [3.8, 4) is 0 Å². The van der Waals surface area contributed by atoms with Gasteiger partial charge in [0.15, 0.2) is 5.11 Å². The van der Waals surface area contributed by atoms with Gasteiger partial charge in [-0.15, -0.1) is 0 Å². The molecule has 0 unspecified atom stereocenters. The second kappa shape index (κ2) is 10.8. The van der Waals surface area contributed by atoms with Crippen LogP contribution in [0.5, 0.6) is 0 Å². The van der Waals surface area contributed by atoms with Crippen LogP contribution in [-0.2, 0) is 4.74 Å². The SMILES string of the molecule is CCCCCC1=C(C)CC/C1=N/NC(=S)NCCN1CCOCC1. The minimum atomic E-state index is 0.619. The maximum atomic E-state index is 5.35. The van der Waals surface area contributed by atoms with E-state index >= 15 is 0 Å². The van der Waals surface area contributed by atoms with E-state index in [1.807, 2.05) is 0 Å². The third kappa shape index (κ3) is 6.49. The lowest BCUT2D eigenvalue weighted by Gasteiger charge is -2.26. The van der Waals surface area contributed by atoms with Crippen molar-refractivity contribution in [2.45, 2.75) is 52.4 Å². The minimum absolute atomic E-state index is 0.619. The van der Waals surface area contributed by atoms with E-state index in [0.717, 1.165) is 58.7 Å². The highest BCUT2D eigenvalue weighted by Gasteiger charge is 2.18. The molecule has 0 atom stereocenters. The first-order valence-corrected chi connectivity index (χ1v) is 9.71. The number of nitrogens with zero attached hydrogens (tertiary/aromatic N) is 2. The van der Waals surface area contributed by atoms with E-state index in [2.05, 4.69) is 34.6 Å². The van der Waals surface area contributed by atoms with Crippen molar-refractivity contribution < 1.29 is 4.74 Å². The summed E-state index contributed by atoms with van der Waals surface area (Å²) in [5.41, 5.74) is 7.18. The molecular weight excluding hydrogens is 320 g/mol. The fourth-order valence-corrected chi connectivity index (χ4v) is 3.34. The highest BCUT2D eigenvalue weighted by Crippen LogP contribution is 2.27. The topological polar surface area (TPSA) is 48.9 Å². The van der Waals surface area contributed by atoms with Crippen LogP contribution in [0.1, 0.15) is 52.4 Å². The quantitative estimate of drug-likeness (QED) is 0.400. The summed E-state index contributed by atoms with van der Waals surface area (Å²) in [4.78, 5) is 2.39. The summed E-state index contributed by atoms with van der Waals surface area (Å²) in [6, 6.07) is 0. The van der Waals surface area contributed by atoms with Crippen molar-refractivity contribution >= 4 is 23.0 Å². The number of nitrogens with one attached hydrogen (secondary N) is 2. The second-order valence-corrected chi connectivity index (χ2v) is 7.00. The maximum Gasteiger partial charge on any atom is 0.187 e. The summed E-state index contributed by atoms with van der Waals surface area (Å²) in [6.07, 6.45) is 7.13. The van der Waals surface area contributed by atoms with Crippen LogP contribution < -0.4 is 10.7 Å². The standard InChI is InChI=1S/C18H32N4OS/c1-3-4-5-6-16-15(2)7-8-17(16)20-21-18(24)19-9-10-22-11-13-23-14-12-22/h3-14H2,1-2H3,(H2,19,21,24)/b20-17-. The van der Waals surface area contributed by atoms with Gasteiger partial charge >= 0.3 is 0 Å². The summed E-state index contributed by atoms with van der Waals surface area (Å²) in [5, 5.41) is 8.44. The number of hydrogen-bond donors (Lipinski definition) is 2. The molecule has 2 N–H and O–H groups in total. The molecule has 0 saturated carbocycles. The summed E-state index contributed by atoms with van der Waals surface area (Å²) < 4.78 is 5.35. The van der Waals surface area contributed by atoms with Gasteiger partial charge in [-0.05, 0) is 50.4 Å². The van der Waals surface area contributed by atoms with Crippen LogP contribution in [0.15, 0.2) is 16.2 Å². The van der Waals surface area contributed by atoms with Gasteiger partial charge in [0.05, 0.1) is 18.9 Å². The fourth-order valence-electron chi connectivity index (χ4n) is 3.20.